The molecule has 0 saturated carbocycles. The summed E-state index contributed by atoms with van der Waals surface area (Å²) < 4.78 is 33.6. The second kappa shape index (κ2) is 36.6. The van der Waals surface area contributed by atoms with Gasteiger partial charge in [-0.15, -0.1) is 0 Å². The van der Waals surface area contributed by atoms with Crippen LogP contribution in [0.1, 0.15) is 110 Å². The van der Waals surface area contributed by atoms with Crippen LogP contribution in [0.5, 0.6) is 34.5 Å². The Kier molecular flexibility index (Phi) is 25.9. The number of ether oxygens (including phenoxy) is 6. The molecule has 0 spiro atoms. The van der Waals surface area contributed by atoms with E-state index in [0.29, 0.717) is 159 Å². The van der Waals surface area contributed by atoms with Crippen LogP contribution in [0.4, 0.5) is 35.7 Å². The van der Waals surface area contributed by atoms with E-state index in [9.17, 15) is 0 Å². The Morgan fingerprint density at radius 2 is 0.549 bits per heavy atom. The minimum absolute atomic E-state index is 0.230. The SMILES string of the molecule is CCc1cc(-c2c(Cl)cc(Cl)c3c2CCO3)nc(N)n1.Cc1cc(-c2c(Cl)cc(Cl)c3c2CCO3)nc(N)n1.Cc1cc(-c2c(Cl)cc(Cl)c3c2CCO3)nc(N)n1.Nc1nc2c(c(-c3c(Cl)cc(Cl)c4c3CCO4)n1)CCC2.Nc1nc2c(c(-c3c(Cl)cc(Cl)c4c3CCO4)n1)CCCC2.Nc1nc2c(c(-c3c(Cl)cc(Cl)c4c3CCO4)n1)CNC2. The Hall–Kier alpha value is -9.16. The first-order valence-electron chi connectivity index (χ1n) is 39.0. The molecule has 2 aliphatic carbocycles. The normalized spacial score (nSPS) is 14.6. The van der Waals surface area contributed by atoms with E-state index in [1.165, 1.54) is 5.56 Å². The van der Waals surface area contributed by atoms with Crippen molar-refractivity contribution in [1.29, 1.82) is 0 Å². The third kappa shape index (κ3) is 17.6. The summed E-state index contributed by atoms with van der Waals surface area (Å²) >= 11 is 75.5. The number of halogens is 12. The molecule has 12 aromatic rings. The van der Waals surface area contributed by atoms with Crippen LogP contribution in [0.25, 0.3) is 67.5 Å². The summed E-state index contributed by atoms with van der Waals surface area (Å²) in [5, 5.41) is 9.90. The van der Waals surface area contributed by atoms with Gasteiger partial charge in [0.25, 0.3) is 0 Å². The number of aromatic nitrogens is 12. The van der Waals surface area contributed by atoms with Gasteiger partial charge in [0.15, 0.2) is 0 Å². The van der Waals surface area contributed by atoms with E-state index in [1.807, 2.05) is 39.0 Å². The summed E-state index contributed by atoms with van der Waals surface area (Å²) in [6.07, 6.45) is 12.5. The monoisotopic (exact) mass is 1880 g/mol. The second-order valence-corrected chi connectivity index (χ2v) is 34.3. The zero-order chi connectivity index (χ0) is 85.8. The lowest BCUT2D eigenvalue weighted by molar-refractivity contribution is 0.357. The predicted octanol–water partition coefficient (Wildman–Crippen LogP) is 20.0. The topological polar surface area (TPSA) is 378 Å². The highest BCUT2D eigenvalue weighted by Gasteiger charge is 2.35. The first-order chi connectivity index (χ1) is 58.7. The van der Waals surface area contributed by atoms with Gasteiger partial charge in [0.1, 0.15) is 34.5 Å². The van der Waals surface area contributed by atoms with Gasteiger partial charge in [-0.1, -0.05) is 146 Å². The van der Waals surface area contributed by atoms with Gasteiger partial charge in [-0.05, 0) is 120 Å². The lowest BCUT2D eigenvalue weighted by Crippen LogP contribution is -2.12. The van der Waals surface area contributed by atoms with Crippen molar-refractivity contribution in [2.24, 2.45) is 0 Å². The number of anilines is 6. The minimum Gasteiger partial charge on any atom is -0.491 e. The number of rotatable bonds is 7. The molecule has 0 unspecified atom stereocenters. The standard InChI is InChI=1S/C16H15Cl2N3O.C15H13Cl2N3O.C14H12Cl2N4O.C14H13Cl2N3O.2C13H11Cl2N3O/c17-10-7-11(18)15-9(5-6-22-15)13(10)14-8-3-1-2-4-12(8)20-16(19)21-14;16-9-6-10(17)14-8(4-5-21-14)12(9)13-7-2-1-3-11(7)19-15(18)20-13;15-8-3-9(16)13-6(1-2-21-13)11(8)12-7-4-18-5-10(7)19-14(17)20-12;1-2-7-5-11(19-14(17)18-7)12-8-3-4-20-13(8)10(16)6-9(12)15;2*1-6-4-10(18-13(16)17-6)11-7-2-3-19-12(7)9(15)5-8(11)14/h7H,1-6H2,(H2,19,20,21);6H,1-5H2,(H2,18,19,20);3,18H,1-2,4-5H2,(H2,17,19,20);5-6H,2-4H2,1H3,(H2,17,18,19);2*4-5H,2-3H2,1H3,(H2,16,17,18). The van der Waals surface area contributed by atoms with E-state index in [2.05, 4.69) is 65.1 Å². The Balaban J connectivity index is 0.000000109. The van der Waals surface area contributed by atoms with Crippen LogP contribution in [0.2, 0.25) is 60.3 Å². The highest BCUT2D eigenvalue weighted by atomic mass is 35.5. The fourth-order valence-electron chi connectivity index (χ4n) is 16.5. The van der Waals surface area contributed by atoms with Crippen molar-refractivity contribution in [3.05, 3.63) is 199 Å². The molecule has 122 heavy (non-hydrogen) atoms. The summed E-state index contributed by atoms with van der Waals surface area (Å²) in [6, 6.07) is 15.8. The van der Waals surface area contributed by atoms with Gasteiger partial charge >= 0.3 is 0 Å². The van der Waals surface area contributed by atoms with E-state index in [-0.39, 0.29) is 23.8 Å². The molecule has 7 aliphatic heterocycles. The summed E-state index contributed by atoms with van der Waals surface area (Å²) in [6.45, 7) is 10.8. The van der Waals surface area contributed by atoms with Crippen molar-refractivity contribution in [3.8, 4) is 102 Å². The van der Waals surface area contributed by atoms with Crippen LogP contribution in [0.15, 0.2) is 54.6 Å². The highest BCUT2D eigenvalue weighted by Crippen LogP contribution is 2.52. The molecule has 37 heteroatoms. The lowest BCUT2D eigenvalue weighted by Gasteiger charge is -2.20. The van der Waals surface area contributed by atoms with E-state index in [0.717, 1.165) is 236 Å². The van der Waals surface area contributed by atoms with Crippen LogP contribution in [0, 0.1) is 13.8 Å². The van der Waals surface area contributed by atoms with Gasteiger partial charge in [0.2, 0.25) is 35.7 Å². The molecular formula is C85H75Cl12N19O6. The highest BCUT2D eigenvalue weighted by molar-refractivity contribution is 6.41. The predicted molar refractivity (Wildman–Crippen MR) is 485 cm³/mol. The molecule has 6 aromatic heterocycles. The summed E-state index contributed by atoms with van der Waals surface area (Å²) in [5.41, 5.74) is 59.4. The van der Waals surface area contributed by atoms with Crippen molar-refractivity contribution < 1.29 is 28.4 Å². The Labute approximate surface area is 761 Å². The van der Waals surface area contributed by atoms with Gasteiger partial charge in [-0.2, -0.15) is 0 Å². The smallest absolute Gasteiger partial charge is 0.220 e. The molecule has 21 rings (SSSR count). The van der Waals surface area contributed by atoms with E-state index < -0.39 is 0 Å². The summed E-state index contributed by atoms with van der Waals surface area (Å²) in [4.78, 5) is 51.6. The average molecular weight is 1880 g/mol. The number of benzene rings is 6. The largest absolute Gasteiger partial charge is 0.491 e. The van der Waals surface area contributed by atoms with Gasteiger partial charge < -0.3 is 68.1 Å². The number of nitrogen functional groups attached to an aromatic ring is 6. The van der Waals surface area contributed by atoms with Gasteiger partial charge in [0.05, 0.1) is 140 Å². The Bertz CT molecular complexity index is 5970. The number of hydrogen-bond acceptors (Lipinski definition) is 25. The van der Waals surface area contributed by atoms with E-state index in [4.69, 9.17) is 202 Å². The molecule has 0 atom stereocenters. The molecule has 13 N–H and O–H groups in total. The molecule has 0 fully saturated rings. The zero-order valence-corrected chi connectivity index (χ0v) is 74.6. The Morgan fingerprint density at radius 1 is 0.270 bits per heavy atom. The quantitative estimate of drug-likeness (QED) is 0.0779. The third-order valence-corrected chi connectivity index (χ3v) is 25.0. The molecule has 6 aromatic carbocycles. The number of aryl methyl sites for hydroxylation is 5. The molecule has 25 nitrogen and oxygen atoms in total. The fraction of sp³-hybridized carbons (Fsp3) is 0.294. The molecular weight excluding hydrogens is 1810 g/mol. The number of nitrogens with two attached hydrogens (primary N) is 6. The van der Waals surface area contributed by atoms with Crippen molar-refractivity contribution in [3.63, 3.8) is 0 Å². The van der Waals surface area contributed by atoms with Crippen molar-refractivity contribution >= 4 is 175 Å². The molecule has 13 heterocycles. The maximum atomic E-state index is 6.50. The van der Waals surface area contributed by atoms with Crippen LogP contribution in [0.3, 0.4) is 0 Å². The van der Waals surface area contributed by atoms with Gasteiger partial charge in [0, 0.05) is 164 Å². The van der Waals surface area contributed by atoms with Gasteiger partial charge in [-0.3, -0.25) is 0 Å². The van der Waals surface area contributed by atoms with Crippen LogP contribution in [-0.2, 0) is 83.7 Å². The summed E-state index contributed by atoms with van der Waals surface area (Å²) in [7, 11) is 0. The van der Waals surface area contributed by atoms with E-state index in [1.54, 1.807) is 36.4 Å². The number of hydrogen-bond donors (Lipinski definition) is 7. The maximum absolute atomic E-state index is 6.50. The number of nitrogens with zero attached hydrogens (tertiary/aromatic N) is 12. The van der Waals surface area contributed by atoms with Crippen molar-refractivity contribution in [2.75, 3.05) is 74.0 Å². The van der Waals surface area contributed by atoms with Crippen molar-refractivity contribution in [2.45, 2.75) is 124 Å². The fourth-order valence-corrected chi connectivity index (χ4v) is 20.4. The minimum atomic E-state index is 0.230. The first kappa shape index (κ1) is 86.4. The van der Waals surface area contributed by atoms with Gasteiger partial charge in [-0.25, -0.2) is 59.8 Å². The molecule has 630 valence electrons. The van der Waals surface area contributed by atoms with E-state index >= 15 is 0 Å². The molecule has 0 amide bonds. The zero-order valence-electron chi connectivity index (χ0n) is 65.6. The molecule has 9 aliphatic rings. The number of nitrogens with one attached hydrogen (secondary N) is 1. The molecule has 0 bridgehead atoms. The first-order valence-corrected chi connectivity index (χ1v) is 43.6. The molecule has 0 saturated heterocycles. The maximum Gasteiger partial charge on any atom is 0.220 e. The second-order valence-electron chi connectivity index (χ2n) is 29.4. The lowest BCUT2D eigenvalue weighted by atomic mass is 9.90. The summed E-state index contributed by atoms with van der Waals surface area (Å²) in [5.74, 6) is 5.79. The van der Waals surface area contributed by atoms with Crippen LogP contribution >= 0.6 is 139 Å². The third-order valence-electron chi connectivity index (χ3n) is 21.5. The van der Waals surface area contributed by atoms with Crippen molar-refractivity contribution in [1.82, 2.24) is 65.1 Å². The molecule has 0 radical (unpaired) electrons. The van der Waals surface area contributed by atoms with Crippen LogP contribution < -0.4 is 68.1 Å². The van der Waals surface area contributed by atoms with Crippen LogP contribution in [-0.4, -0.2) is 99.4 Å². The number of fused-ring (bicyclic) bond motifs is 9. The average Bonchev–Trinajstić information content (AvgIpc) is 1.59. The Morgan fingerprint density at radius 3 is 0.893 bits per heavy atom.